The van der Waals surface area contributed by atoms with Crippen molar-refractivity contribution in [1.82, 2.24) is 19.1 Å². The summed E-state index contributed by atoms with van der Waals surface area (Å²) in [6.45, 7) is 4.68. The van der Waals surface area contributed by atoms with Gasteiger partial charge in [-0.1, -0.05) is 98.8 Å². The van der Waals surface area contributed by atoms with Crippen LogP contribution in [0.4, 0.5) is 0 Å². The van der Waals surface area contributed by atoms with Gasteiger partial charge in [-0.2, -0.15) is 0 Å². The normalized spacial score (nSPS) is 13.6. The fraction of sp³-hybridized carbons (Fsp3) is 0.0732. The van der Waals surface area contributed by atoms with Crippen LogP contribution in [0.3, 0.4) is 0 Å². The summed E-state index contributed by atoms with van der Waals surface area (Å²) in [4.78, 5) is 10.8. The van der Waals surface area contributed by atoms with Gasteiger partial charge >= 0.3 is 0 Å². The van der Waals surface area contributed by atoms with Gasteiger partial charge in [0.25, 0.3) is 0 Å². The molecule has 10 rings (SSSR count). The first kappa shape index (κ1) is 25.8. The Labute approximate surface area is 269 Å². The molecule has 218 valence electrons. The zero-order valence-electron chi connectivity index (χ0n) is 25.4. The van der Waals surface area contributed by atoms with Gasteiger partial charge in [0.1, 0.15) is 0 Å². The molecule has 0 atom stereocenters. The molecule has 46 heavy (non-hydrogen) atoms. The van der Waals surface area contributed by atoms with E-state index in [-0.39, 0.29) is 5.41 Å². The van der Waals surface area contributed by atoms with Crippen LogP contribution < -0.4 is 0 Å². The number of aromatic nitrogens is 4. The summed E-state index contributed by atoms with van der Waals surface area (Å²) in [5, 5.41) is 9.01. The van der Waals surface area contributed by atoms with Crippen LogP contribution in [0.15, 0.2) is 132 Å². The van der Waals surface area contributed by atoms with Crippen molar-refractivity contribution >= 4 is 54.9 Å². The number of nitrogens with zero attached hydrogens (tertiary/aromatic N) is 4. The second kappa shape index (κ2) is 9.25. The van der Waals surface area contributed by atoms with Gasteiger partial charge in [-0.3, -0.25) is 4.57 Å². The van der Waals surface area contributed by atoms with Crippen molar-refractivity contribution < 1.29 is 0 Å². The lowest BCUT2D eigenvalue weighted by Crippen LogP contribution is -2.16. The quantitative estimate of drug-likeness (QED) is 0.200. The van der Waals surface area contributed by atoms with E-state index in [9.17, 15) is 0 Å². The predicted molar refractivity (Wildman–Crippen MR) is 192 cm³/mol. The number of rotatable bonds is 3. The minimum Gasteiger partial charge on any atom is -0.316 e. The highest BCUT2D eigenvalue weighted by molar-refractivity contribution is 7.09. The molecule has 0 saturated carbocycles. The van der Waals surface area contributed by atoms with Crippen LogP contribution in [-0.2, 0) is 5.41 Å². The first-order valence-electron chi connectivity index (χ1n) is 15.7. The lowest BCUT2D eigenvalue weighted by molar-refractivity contribution is 0.662. The van der Waals surface area contributed by atoms with Gasteiger partial charge < -0.3 is 4.57 Å². The average molecular weight is 609 g/mol. The van der Waals surface area contributed by atoms with Crippen LogP contribution in [0.1, 0.15) is 25.0 Å². The molecule has 1 aliphatic rings. The number of hydrogen-bond donors (Lipinski definition) is 0. The van der Waals surface area contributed by atoms with E-state index in [1.54, 1.807) is 11.3 Å². The van der Waals surface area contributed by atoms with Gasteiger partial charge in [-0.25, -0.2) is 9.97 Å². The molecule has 0 aliphatic heterocycles. The number of fused-ring (bicyclic) bond motifs is 9. The molecule has 0 N–H and O–H groups in total. The van der Waals surface area contributed by atoms with Gasteiger partial charge in [0.15, 0.2) is 0 Å². The second-order valence-corrected chi connectivity index (χ2v) is 13.5. The van der Waals surface area contributed by atoms with E-state index in [2.05, 4.69) is 155 Å². The van der Waals surface area contributed by atoms with Crippen LogP contribution in [0.5, 0.6) is 0 Å². The topological polar surface area (TPSA) is 35.6 Å². The molecule has 0 amide bonds. The minimum atomic E-state index is -0.157. The molecule has 0 bridgehead atoms. The number of hydrogen-bond acceptors (Lipinski definition) is 3. The van der Waals surface area contributed by atoms with Gasteiger partial charge in [0.2, 0.25) is 5.95 Å². The Morgan fingerprint density at radius 2 is 1.37 bits per heavy atom. The van der Waals surface area contributed by atoms with Crippen molar-refractivity contribution in [3.8, 4) is 34.0 Å². The lowest BCUT2D eigenvalue weighted by Gasteiger charge is -2.24. The summed E-state index contributed by atoms with van der Waals surface area (Å²) in [7, 11) is 0. The highest BCUT2D eigenvalue weighted by atomic mass is 32.1. The molecule has 0 spiro atoms. The summed E-state index contributed by atoms with van der Waals surface area (Å²) in [5.41, 5.74) is 12.8. The maximum Gasteiger partial charge on any atom is 0.235 e. The molecule has 4 heterocycles. The third-order valence-electron chi connectivity index (χ3n) is 9.90. The van der Waals surface area contributed by atoms with Gasteiger partial charge in [-0.05, 0) is 52.6 Å². The summed E-state index contributed by atoms with van der Waals surface area (Å²) in [6.07, 6.45) is 2.17. The smallest absolute Gasteiger partial charge is 0.235 e. The minimum absolute atomic E-state index is 0.157. The zero-order chi connectivity index (χ0) is 30.6. The largest absolute Gasteiger partial charge is 0.316 e. The molecular formula is C41H28N4S. The Morgan fingerprint density at radius 3 is 2.28 bits per heavy atom. The van der Waals surface area contributed by atoms with Gasteiger partial charge in [0, 0.05) is 55.2 Å². The average Bonchev–Trinajstić information content (AvgIpc) is 3.87. The standard InChI is InChI=1S/C41H28N4S/c1-41(2)33-17-8-6-13-26(33)28-15-10-16-31(37(28)41)38-32-23-46-24-34(32)42-40(43-38)45-36-18-9-7-14-27(36)29-19-20-35-30(39(29)45)21-22-44(35)25-11-4-3-5-12-25/h3-24H,1-2H3. The summed E-state index contributed by atoms with van der Waals surface area (Å²) in [6, 6.07) is 41.4. The van der Waals surface area contributed by atoms with E-state index in [0.717, 1.165) is 38.8 Å². The molecule has 5 aromatic carbocycles. The van der Waals surface area contributed by atoms with E-state index < -0.39 is 0 Å². The fourth-order valence-electron chi connectivity index (χ4n) is 7.90. The molecule has 0 saturated heterocycles. The van der Waals surface area contributed by atoms with E-state index in [0.29, 0.717) is 5.95 Å². The number of benzene rings is 5. The Kier molecular flexibility index (Phi) is 5.18. The summed E-state index contributed by atoms with van der Waals surface area (Å²) >= 11 is 1.68. The van der Waals surface area contributed by atoms with Gasteiger partial charge in [0.05, 0.1) is 27.8 Å². The van der Waals surface area contributed by atoms with Gasteiger partial charge in [-0.15, -0.1) is 11.3 Å². The molecule has 0 fully saturated rings. The molecule has 9 aromatic rings. The Hall–Kier alpha value is -5.52. The molecule has 0 unspecified atom stereocenters. The maximum absolute atomic E-state index is 5.52. The van der Waals surface area contributed by atoms with Crippen molar-refractivity contribution in [2.45, 2.75) is 19.3 Å². The Balaban J connectivity index is 1.29. The van der Waals surface area contributed by atoms with Crippen LogP contribution in [0.2, 0.25) is 0 Å². The molecule has 4 nitrogen and oxygen atoms in total. The molecule has 0 radical (unpaired) electrons. The molecule has 5 heteroatoms. The summed E-state index contributed by atoms with van der Waals surface area (Å²) < 4.78 is 4.55. The van der Waals surface area contributed by atoms with E-state index in [1.165, 1.54) is 44.0 Å². The monoisotopic (exact) mass is 608 g/mol. The fourth-order valence-corrected chi connectivity index (χ4v) is 8.64. The van der Waals surface area contributed by atoms with E-state index in [4.69, 9.17) is 9.97 Å². The SMILES string of the molecule is CC1(C)c2ccccc2-c2cccc(-c3nc(-n4c5ccccc5c5ccc6c(ccn6-c6ccccc6)c54)nc4cscc34)c21. The number of para-hydroxylation sites is 2. The second-order valence-electron chi connectivity index (χ2n) is 12.7. The van der Waals surface area contributed by atoms with Crippen molar-refractivity contribution in [3.63, 3.8) is 0 Å². The third-order valence-corrected chi connectivity index (χ3v) is 10.6. The van der Waals surface area contributed by atoms with Crippen LogP contribution >= 0.6 is 11.3 Å². The van der Waals surface area contributed by atoms with E-state index >= 15 is 0 Å². The lowest BCUT2D eigenvalue weighted by atomic mass is 9.79. The molecule has 1 aliphatic carbocycles. The Bertz CT molecular complexity index is 2670. The van der Waals surface area contributed by atoms with Crippen molar-refractivity contribution in [2.75, 3.05) is 0 Å². The summed E-state index contributed by atoms with van der Waals surface area (Å²) in [5.74, 6) is 0.693. The van der Waals surface area contributed by atoms with Crippen molar-refractivity contribution in [2.24, 2.45) is 0 Å². The van der Waals surface area contributed by atoms with Crippen molar-refractivity contribution in [1.29, 1.82) is 0 Å². The highest BCUT2D eigenvalue weighted by Gasteiger charge is 2.38. The third kappa shape index (κ3) is 3.38. The zero-order valence-corrected chi connectivity index (χ0v) is 26.2. The maximum atomic E-state index is 5.52. The van der Waals surface area contributed by atoms with Crippen LogP contribution in [0.25, 0.3) is 77.6 Å². The van der Waals surface area contributed by atoms with Crippen molar-refractivity contribution in [3.05, 3.63) is 143 Å². The predicted octanol–water partition coefficient (Wildman–Crippen LogP) is 10.7. The van der Waals surface area contributed by atoms with Crippen LogP contribution in [-0.4, -0.2) is 19.1 Å². The van der Waals surface area contributed by atoms with Crippen LogP contribution in [0, 0.1) is 0 Å². The first-order chi connectivity index (χ1) is 22.6. The molecular weight excluding hydrogens is 581 g/mol. The van der Waals surface area contributed by atoms with E-state index in [1.807, 2.05) is 0 Å². The number of thiophene rings is 1. The highest BCUT2D eigenvalue weighted by Crippen LogP contribution is 2.52. The molecule has 4 aromatic heterocycles. The first-order valence-corrected chi connectivity index (χ1v) is 16.6. The Morgan fingerprint density at radius 1 is 0.587 bits per heavy atom.